The number of aromatic nitrogens is 2. The number of nitrogens with one attached hydrogen (secondary N) is 2. The third-order valence-electron chi connectivity index (χ3n) is 5.44. The molecule has 1 fully saturated rings. The van der Waals surface area contributed by atoms with Gasteiger partial charge in [0, 0.05) is 36.1 Å². The van der Waals surface area contributed by atoms with Crippen LogP contribution in [0.3, 0.4) is 0 Å². The van der Waals surface area contributed by atoms with Crippen molar-refractivity contribution in [2.24, 2.45) is 0 Å². The van der Waals surface area contributed by atoms with Crippen LogP contribution >= 0.6 is 0 Å². The summed E-state index contributed by atoms with van der Waals surface area (Å²) in [7, 11) is 1.36. The van der Waals surface area contributed by atoms with E-state index >= 15 is 0 Å². The van der Waals surface area contributed by atoms with E-state index in [1.165, 1.54) is 7.11 Å². The highest BCUT2D eigenvalue weighted by Crippen LogP contribution is 2.28. The molecule has 1 saturated heterocycles. The standard InChI is InChI=1S/C25H24N6O4/c1-34-24(33)20-16-19(6-7-22(20)31-12-14-35-15-13-31)29-25-28-10-8-21(30-25)17-2-4-18(5-3-17)23(32)27-11-9-26/h2-8,10,16H,11-15H2,1H3,(H,27,32)(H,28,29,30). The minimum atomic E-state index is -0.427. The van der Waals surface area contributed by atoms with E-state index in [2.05, 4.69) is 25.5 Å². The van der Waals surface area contributed by atoms with Crippen LogP contribution in [0.4, 0.5) is 17.3 Å². The van der Waals surface area contributed by atoms with Gasteiger partial charge in [-0.15, -0.1) is 0 Å². The fourth-order valence-electron chi connectivity index (χ4n) is 3.69. The number of nitriles is 1. The van der Waals surface area contributed by atoms with Crippen LogP contribution in [0.25, 0.3) is 11.3 Å². The minimum Gasteiger partial charge on any atom is -0.465 e. The zero-order chi connectivity index (χ0) is 24.6. The first-order valence-electron chi connectivity index (χ1n) is 11.0. The predicted octanol–water partition coefficient (Wildman–Crippen LogP) is 2.76. The second kappa shape index (κ2) is 11.1. The van der Waals surface area contributed by atoms with Crippen LogP contribution in [0.15, 0.2) is 54.7 Å². The lowest BCUT2D eigenvalue weighted by atomic mass is 10.1. The van der Waals surface area contributed by atoms with E-state index in [-0.39, 0.29) is 12.5 Å². The van der Waals surface area contributed by atoms with Crippen molar-refractivity contribution in [1.29, 1.82) is 5.26 Å². The van der Waals surface area contributed by atoms with Gasteiger partial charge in [0.2, 0.25) is 5.95 Å². The van der Waals surface area contributed by atoms with Gasteiger partial charge in [0.05, 0.1) is 43.3 Å². The van der Waals surface area contributed by atoms with E-state index in [1.807, 2.05) is 18.2 Å². The van der Waals surface area contributed by atoms with Gasteiger partial charge in [-0.1, -0.05) is 12.1 Å². The second-order valence-corrected chi connectivity index (χ2v) is 7.63. The summed E-state index contributed by atoms with van der Waals surface area (Å²) in [6.07, 6.45) is 1.63. The predicted molar refractivity (Wildman–Crippen MR) is 130 cm³/mol. The molecule has 178 valence electrons. The van der Waals surface area contributed by atoms with Gasteiger partial charge < -0.3 is 25.0 Å². The maximum atomic E-state index is 12.5. The molecule has 1 aromatic heterocycles. The highest BCUT2D eigenvalue weighted by molar-refractivity contribution is 5.97. The van der Waals surface area contributed by atoms with E-state index in [9.17, 15) is 9.59 Å². The Kier molecular flexibility index (Phi) is 7.50. The summed E-state index contributed by atoms with van der Waals surface area (Å²) >= 11 is 0. The summed E-state index contributed by atoms with van der Waals surface area (Å²) in [6.45, 7) is 2.55. The Balaban J connectivity index is 1.54. The third kappa shape index (κ3) is 5.72. The fraction of sp³-hybridized carbons (Fsp3) is 0.240. The van der Waals surface area contributed by atoms with Crippen molar-refractivity contribution in [3.8, 4) is 17.3 Å². The zero-order valence-electron chi connectivity index (χ0n) is 19.2. The Hall–Kier alpha value is -4.49. The third-order valence-corrected chi connectivity index (χ3v) is 5.44. The summed E-state index contributed by atoms with van der Waals surface area (Å²) in [5.41, 5.74) is 3.78. The maximum Gasteiger partial charge on any atom is 0.340 e. The maximum absolute atomic E-state index is 12.5. The summed E-state index contributed by atoms with van der Waals surface area (Å²) < 4.78 is 10.4. The number of benzene rings is 2. The molecule has 0 bridgehead atoms. The number of methoxy groups -OCH3 is 1. The molecular weight excluding hydrogens is 448 g/mol. The molecule has 0 unspecified atom stereocenters. The molecule has 1 aliphatic rings. The molecule has 0 aliphatic carbocycles. The Morgan fingerprint density at radius 2 is 1.91 bits per heavy atom. The van der Waals surface area contributed by atoms with Gasteiger partial charge in [-0.25, -0.2) is 14.8 Å². The van der Waals surface area contributed by atoms with Crippen molar-refractivity contribution in [3.05, 3.63) is 65.9 Å². The molecule has 0 radical (unpaired) electrons. The summed E-state index contributed by atoms with van der Waals surface area (Å²) in [6, 6.07) is 16.0. The average Bonchev–Trinajstić information content (AvgIpc) is 2.92. The van der Waals surface area contributed by atoms with Gasteiger partial charge in [-0.05, 0) is 36.4 Å². The molecule has 4 rings (SSSR count). The van der Waals surface area contributed by atoms with Crippen LogP contribution in [0.1, 0.15) is 20.7 Å². The van der Waals surface area contributed by atoms with E-state index in [1.54, 1.807) is 42.6 Å². The topological polar surface area (TPSA) is 129 Å². The number of amides is 1. The molecule has 1 amide bonds. The van der Waals surface area contributed by atoms with Crippen molar-refractivity contribution in [1.82, 2.24) is 15.3 Å². The van der Waals surface area contributed by atoms with Gasteiger partial charge >= 0.3 is 5.97 Å². The van der Waals surface area contributed by atoms with E-state index < -0.39 is 5.97 Å². The lowest BCUT2D eigenvalue weighted by Crippen LogP contribution is -2.37. The number of anilines is 3. The van der Waals surface area contributed by atoms with Crippen LogP contribution in [0.2, 0.25) is 0 Å². The highest BCUT2D eigenvalue weighted by Gasteiger charge is 2.20. The number of rotatable bonds is 7. The summed E-state index contributed by atoms with van der Waals surface area (Å²) in [5.74, 6) is -0.387. The normalized spacial score (nSPS) is 13.0. The molecule has 10 nitrogen and oxygen atoms in total. The van der Waals surface area contributed by atoms with Crippen molar-refractivity contribution >= 4 is 29.2 Å². The number of carbonyl (C=O) groups is 2. The highest BCUT2D eigenvalue weighted by atomic mass is 16.5. The molecule has 0 atom stereocenters. The molecule has 0 saturated carbocycles. The lowest BCUT2D eigenvalue weighted by Gasteiger charge is -2.30. The summed E-state index contributed by atoms with van der Waals surface area (Å²) in [5, 5.41) is 14.3. The van der Waals surface area contributed by atoms with Crippen molar-refractivity contribution in [2.75, 3.05) is 50.2 Å². The van der Waals surface area contributed by atoms with E-state index in [0.717, 1.165) is 11.3 Å². The molecule has 2 aromatic carbocycles. The van der Waals surface area contributed by atoms with E-state index in [0.29, 0.717) is 54.8 Å². The molecule has 0 spiro atoms. The number of nitrogens with zero attached hydrogens (tertiary/aromatic N) is 4. The Morgan fingerprint density at radius 1 is 1.14 bits per heavy atom. The first-order chi connectivity index (χ1) is 17.1. The molecule has 1 aliphatic heterocycles. The Labute approximate surface area is 202 Å². The summed E-state index contributed by atoms with van der Waals surface area (Å²) in [4.78, 5) is 35.4. The number of carbonyl (C=O) groups excluding carboxylic acids is 2. The largest absolute Gasteiger partial charge is 0.465 e. The van der Waals surface area contributed by atoms with Gasteiger partial charge in [0.15, 0.2) is 0 Å². The number of ether oxygens (including phenoxy) is 2. The number of hydrogen-bond donors (Lipinski definition) is 2. The lowest BCUT2D eigenvalue weighted by molar-refractivity contribution is 0.0600. The van der Waals surface area contributed by atoms with Crippen LogP contribution < -0.4 is 15.5 Å². The Bertz CT molecular complexity index is 1250. The number of hydrogen-bond acceptors (Lipinski definition) is 9. The second-order valence-electron chi connectivity index (χ2n) is 7.63. The molecular formula is C25H24N6O4. The monoisotopic (exact) mass is 472 g/mol. The zero-order valence-corrected chi connectivity index (χ0v) is 19.2. The average molecular weight is 473 g/mol. The van der Waals surface area contributed by atoms with Crippen molar-refractivity contribution < 1.29 is 19.1 Å². The van der Waals surface area contributed by atoms with Crippen molar-refractivity contribution in [3.63, 3.8) is 0 Å². The molecule has 3 aromatic rings. The minimum absolute atomic E-state index is 0.0490. The first kappa shape index (κ1) is 23.7. The van der Waals surface area contributed by atoms with Gasteiger partial charge in [-0.2, -0.15) is 5.26 Å². The van der Waals surface area contributed by atoms with Gasteiger partial charge in [-0.3, -0.25) is 4.79 Å². The van der Waals surface area contributed by atoms with Gasteiger partial charge in [0.1, 0.15) is 6.54 Å². The van der Waals surface area contributed by atoms with Crippen LogP contribution in [-0.2, 0) is 9.47 Å². The smallest absolute Gasteiger partial charge is 0.340 e. The molecule has 35 heavy (non-hydrogen) atoms. The van der Waals surface area contributed by atoms with Crippen LogP contribution in [0, 0.1) is 11.3 Å². The SMILES string of the molecule is COC(=O)c1cc(Nc2nccc(-c3ccc(C(=O)NCC#N)cc3)n2)ccc1N1CCOCC1. The molecule has 2 heterocycles. The van der Waals surface area contributed by atoms with Crippen LogP contribution in [0.5, 0.6) is 0 Å². The molecule has 10 heteroatoms. The van der Waals surface area contributed by atoms with Crippen LogP contribution in [-0.4, -0.2) is 61.8 Å². The van der Waals surface area contributed by atoms with Crippen molar-refractivity contribution in [2.45, 2.75) is 0 Å². The molecule has 2 N–H and O–H groups in total. The first-order valence-corrected chi connectivity index (χ1v) is 11.0. The fourth-order valence-corrected chi connectivity index (χ4v) is 3.69. The van der Waals surface area contributed by atoms with Gasteiger partial charge in [0.25, 0.3) is 5.91 Å². The quantitative estimate of drug-likeness (QED) is 0.394. The number of morpholine rings is 1. The number of esters is 1. The van der Waals surface area contributed by atoms with E-state index in [4.69, 9.17) is 14.7 Å². The Morgan fingerprint density at radius 3 is 2.63 bits per heavy atom.